The van der Waals surface area contributed by atoms with Gasteiger partial charge in [0.15, 0.2) is 5.13 Å². The lowest BCUT2D eigenvalue weighted by molar-refractivity contribution is 0.0766. The Kier molecular flexibility index (Phi) is 7.23. The molecule has 1 saturated heterocycles. The SMILES string of the molecule is COCCNS(=O)(=O)c1ccc(C)c(C(=O)N2CCCN(c3nccs3)CC2)c1. The Bertz CT molecular complexity index is 932. The Morgan fingerprint density at radius 3 is 2.83 bits per heavy atom. The molecule has 1 aliphatic rings. The van der Waals surface area contributed by atoms with Crippen molar-refractivity contribution >= 4 is 32.4 Å². The lowest BCUT2D eigenvalue weighted by Gasteiger charge is -2.22. The van der Waals surface area contributed by atoms with Crippen LogP contribution in [0.15, 0.2) is 34.7 Å². The van der Waals surface area contributed by atoms with Gasteiger partial charge in [-0.25, -0.2) is 18.1 Å². The second kappa shape index (κ2) is 9.66. The van der Waals surface area contributed by atoms with Gasteiger partial charge in [-0.3, -0.25) is 4.79 Å². The Morgan fingerprint density at radius 2 is 2.10 bits per heavy atom. The predicted molar refractivity (Wildman–Crippen MR) is 113 cm³/mol. The number of thiazole rings is 1. The normalized spacial score (nSPS) is 15.4. The van der Waals surface area contributed by atoms with Crippen LogP contribution in [0.5, 0.6) is 0 Å². The highest BCUT2D eigenvalue weighted by Gasteiger charge is 2.24. The van der Waals surface area contributed by atoms with E-state index in [1.165, 1.54) is 19.2 Å². The standard InChI is InChI=1S/C19H26N4O4S2/c1-15-4-5-16(29(25,26)21-6-12-27-2)14-17(15)18(24)22-8-3-9-23(11-10-22)19-20-7-13-28-19/h4-5,7,13-14,21H,3,6,8-12H2,1-2H3. The summed E-state index contributed by atoms with van der Waals surface area (Å²) < 4.78 is 32.4. The number of rotatable bonds is 7. The number of carbonyl (C=O) groups excluding carboxylic acids is 1. The molecule has 1 aliphatic heterocycles. The van der Waals surface area contributed by atoms with Crippen molar-refractivity contribution in [3.63, 3.8) is 0 Å². The van der Waals surface area contributed by atoms with Crippen molar-refractivity contribution in [1.82, 2.24) is 14.6 Å². The van der Waals surface area contributed by atoms with Gasteiger partial charge in [0.2, 0.25) is 10.0 Å². The number of carbonyl (C=O) groups is 1. The van der Waals surface area contributed by atoms with Gasteiger partial charge in [-0.1, -0.05) is 6.07 Å². The van der Waals surface area contributed by atoms with Crippen LogP contribution < -0.4 is 9.62 Å². The summed E-state index contributed by atoms with van der Waals surface area (Å²) in [6.07, 6.45) is 2.62. The number of sulfonamides is 1. The lowest BCUT2D eigenvalue weighted by atomic mass is 10.1. The first-order valence-corrected chi connectivity index (χ1v) is 11.8. The molecule has 0 atom stereocenters. The molecule has 10 heteroatoms. The zero-order chi connectivity index (χ0) is 20.9. The molecular weight excluding hydrogens is 412 g/mol. The number of nitrogens with zero attached hydrogens (tertiary/aromatic N) is 3. The molecule has 0 unspecified atom stereocenters. The third kappa shape index (κ3) is 5.33. The van der Waals surface area contributed by atoms with Crippen molar-refractivity contribution in [3.8, 4) is 0 Å². The van der Waals surface area contributed by atoms with E-state index in [1.54, 1.807) is 28.5 Å². The Labute approximate surface area is 175 Å². The van der Waals surface area contributed by atoms with Crippen LogP contribution >= 0.6 is 11.3 Å². The fraction of sp³-hybridized carbons (Fsp3) is 0.474. The van der Waals surface area contributed by atoms with Gasteiger partial charge >= 0.3 is 0 Å². The number of anilines is 1. The summed E-state index contributed by atoms with van der Waals surface area (Å²) in [7, 11) is -2.19. The van der Waals surface area contributed by atoms with Crippen molar-refractivity contribution in [2.24, 2.45) is 0 Å². The molecule has 1 aromatic heterocycles. The van der Waals surface area contributed by atoms with E-state index in [4.69, 9.17) is 4.74 Å². The van der Waals surface area contributed by atoms with E-state index in [9.17, 15) is 13.2 Å². The lowest BCUT2D eigenvalue weighted by Crippen LogP contribution is -2.35. The number of amides is 1. The van der Waals surface area contributed by atoms with Crippen LogP contribution in [0, 0.1) is 6.92 Å². The summed E-state index contributed by atoms with van der Waals surface area (Å²) in [6.45, 7) is 5.02. The third-order valence-corrected chi connectivity index (χ3v) is 7.11. The number of methoxy groups -OCH3 is 1. The van der Waals surface area contributed by atoms with E-state index in [1.807, 2.05) is 12.3 Å². The largest absolute Gasteiger partial charge is 0.383 e. The number of nitrogens with one attached hydrogen (secondary N) is 1. The quantitative estimate of drug-likeness (QED) is 0.662. The molecule has 0 spiro atoms. The number of hydrogen-bond acceptors (Lipinski definition) is 7. The zero-order valence-electron chi connectivity index (χ0n) is 16.6. The molecule has 1 N–H and O–H groups in total. The molecule has 29 heavy (non-hydrogen) atoms. The molecule has 0 saturated carbocycles. The first-order chi connectivity index (χ1) is 13.9. The summed E-state index contributed by atoms with van der Waals surface area (Å²) in [4.78, 5) is 21.6. The second-order valence-corrected chi connectivity index (χ2v) is 9.45. The van der Waals surface area contributed by atoms with E-state index in [2.05, 4.69) is 14.6 Å². The highest BCUT2D eigenvalue weighted by molar-refractivity contribution is 7.89. The van der Waals surface area contributed by atoms with Crippen LogP contribution in [0.4, 0.5) is 5.13 Å². The van der Waals surface area contributed by atoms with Crippen molar-refractivity contribution in [1.29, 1.82) is 0 Å². The van der Waals surface area contributed by atoms with E-state index in [-0.39, 0.29) is 24.0 Å². The van der Waals surface area contributed by atoms with Gasteiger partial charge < -0.3 is 14.5 Å². The maximum atomic E-state index is 13.2. The molecule has 158 valence electrons. The summed E-state index contributed by atoms with van der Waals surface area (Å²) in [5, 5.41) is 2.91. The Morgan fingerprint density at radius 1 is 1.28 bits per heavy atom. The van der Waals surface area contributed by atoms with Crippen molar-refractivity contribution in [2.75, 3.05) is 51.3 Å². The summed E-state index contributed by atoms with van der Waals surface area (Å²) >= 11 is 1.59. The molecule has 0 bridgehead atoms. The van der Waals surface area contributed by atoms with Crippen LogP contribution in [0.25, 0.3) is 0 Å². The summed E-state index contributed by atoms with van der Waals surface area (Å²) in [6, 6.07) is 4.67. The van der Waals surface area contributed by atoms with Gasteiger partial charge in [0.05, 0.1) is 11.5 Å². The number of aromatic nitrogens is 1. The van der Waals surface area contributed by atoms with Gasteiger partial charge in [-0.2, -0.15) is 0 Å². The molecule has 2 heterocycles. The van der Waals surface area contributed by atoms with Gasteiger partial charge in [0, 0.05) is 57.0 Å². The fourth-order valence-electron chi connectivity index (χ4n) is 3.21. The van der Waals surface area contributed by atoms with E-state index in [0.717, 1.165) is 23.7 Å². The molecule has 0 radical (unpaired) electrons. The minimum Gasteiger partial charge on any atom is -0.383 e. The minimum absolute atomic E-state index is 0.0850. The van der Waals surface area contributed by atoms with Gasteiger partial charge in [0.1, 0.15) is 0 Å². The molecule has 8 nitrogen and oxygen atoms in total. The third-order valence-electron chi connectivity index (χ3n) is 4.82. The van der Waals surface area contributed by atoms with Gasteiger partial charge in [0.25, 0.3) is 5.91 Å². The summed E-state index contributed by atoms with van der Waals surface area (Å²) in [5.74, 6) is -0.141. The Balaban J connectivity index is 1.75. The van der Waals surface area contributed by atoms with Crippen molar-refractivity contribution in [2.45, 2.75) is 18.2 Å². The molecule has 1 amide bonds. The minimum atomic E-state index is -3.70. The monoisotopic (exact) mass is 438 g/mol. The van der Waals surface area contributed by atoms with Gasteiger partial charge in [-0.15, -0.1) is 11.3 Å². The van der Waals surface area contributed by atoms with E-state index < -0.39 is 10.0 Å². The molecule has 1 aromatic carbocycles. The average molecular weight is 439 g/mol. The summed E-state index contributed by atoms with van der Waals surface area (Å²) in [5.41, 5.74) is 1.18. The van der Waals surface area contributed by atoms with E-state index >= 15 is 0 Å². The smallest absolute Gasteiger partial charge is 0.254 e. The second-order valence-electron chi connectivity index (χ2n) is 6.81. The maximum Gasteiger partial charge on any atom is 0.254 e. The van der Waals surface area contributed by atoms with Crippen LogP contribution in [0.3, 0.4) is 0 Å². The fourth-order valence-corrected chi connectivity index (χ4v) is 4.95. The van der Waals surface area contributed by atoms with Crippen LogP contribution in [-0.4, -0.2) is 70.6 Å². The highest BCUT2D eigenvalue weighted by Crippen LogP contribution is 2.21. The molecular formula is C19H26N4O4S2. The zero-order valence-corrected chi connectivity index (χ0v) is 18.3. The van der Waals surface area contributed by atoms with E-state index in [0.29, 0.717) is 25.2 Å². The molecule has 0 aliphatic carbocycles. The number of ether oxygens (including phenoxy) is 1. The molecule has 2 aromatic rings. The van der Waals surface area contributed by atoms with Crippen LogP contribution in [-0.2, 0) is 14.8 Å². The van der Waals surface area contributed by atoms with Crippen LogP contribution in [0.1, 0.15) is 22.3 Å². The Hall–Kier alpha value is -2.01. The predicted octanol–water partition coefficient (Wildman–Crippen LogP) is 1.73. The number of benzene rings is 1. The first kappa shape index (κ1) is 21.7. The number of aryl methyl sites for hydroxylation is 1. The molecule has 1 fully saturated rings. The van der Waals surface area contributed by atoms with Crippen molar-refractivity contribution in [3.05, 3.63) is 40.9 Å². The van der Waals surface area contributed by atoms with Crippen molar-refractivity contribution < 1.29 is 17.9 Å². The topological polar surface area (TPSA) is 91.8 Å². The first-order valence-electron chi connectivity index (χ1n) is 9.45. The average Bonchev–Trinajstić information content (AvgIpc) is 3.12. The molecule has 3 rings (SSSR count). The number of hydrogen-bond donors (Lipinski definition) is 1. The van der Waals surface area contributed by atoms with Gasteiger partial charge in [-0.05, 0) is 31.0 Å². The maximum absolute atomic E-state index is 13.2. The highest BCUT2D eigenvalue weighted by atomic mass is 32.2. The van der Waals surface area contributed by atoms with Crippen LogP contribution in [0.2, 0.25) is 0 Å².